The molecular weight excluding hydrogens is 760 g/mol. The van der Waals surface area contributed by atoms with E-state index >= 15 is 4.39 Å². The predicted molar refractivity (Wildman–Crippen MR) is 222 cm³/mol. The van der Waals surface area contributed by atoms with Gasteiger partial charge in [0.25, 0.3) is 0 Å². The second-order valence-corrected chi connectivity index (χ2v) is 15.7. The molecule has 0 amide bonds. The number of aryl methyl sites for hydroxylation is 1. The number of carbonyl (C=O) groups excluding carboxylic acids is 5. The molecule has 0 radical (unpaired) electrons. The van der Waals surface area contributed by atoms with Crippen molar-refractivity contribution in [2.45, 2.75) is 118 Å². The van der Waals surface area contributed by atoms with E-state index in [4.69, 9.17) is 28.4 Å². The molecule has 1 aliphatic rings. The highest BCUT2D eigenvalue weighted by molar-refractivity contribution is 5.91. The molecule has 0 spiro atoms. The summed E-state index contributed by atoms with van der Waals surface area (Å²) in [6.45, 7) is 13.9. The fourth-order valence-corrected chi connectivity index (χ4v) is 6.99. The Morgan fingerprint density at radius 3 is 2.03 bits per heavy atom. The first-order chi connectivity index (χ1) is 28.2. The van der Waals surface area contributed by atoms with Crippen molar-refractivity contribution >= 4 is 29.8 Å². The summed E-state index contributed by atoms with van der Waals surface area (Å²) < 4.78 is 48.8. The number of hydrogen-bond donors (Lipinski definition) is 0. The van der Waals surface area contributed by atoms with Crippen LogP contribution in [0.1, 0.15) is 122 Å². The van der Waals surface area contributed by atoms with E-state index in [0.717, 1.165) is 24.3 Å². The number of esters is 5. The van der Waals surface area contributed by atoms with Gasteiger partial charge < -0.3 is 28.4 Å². The normalized spacial score (nSPS) is 15.9. The molecule has 324 valence electrons. The molecule has 0 N–H and O–H groups in total. The van der Waals surface area contributed by atoms with Gasteiger partial charge in [0.05, 0.1) is 13.2 Å². The molecule has 0 aromatic heterocycles. The van der Waals surface area contributed by atoms with Crippen molar-refractivity contribution in [3.63, 3.8) is 0 Å². The number of carbonyl (C=O) groups is 5. The van der Waals surface area contributed by atoms with Crippen LogP contribution in [0.4, 0.5) is 4.39 Å². The van der Waals surface area contributed by atoms with Crippen molar-refractivity contribution in [2.75, 3.05) is 39.6 Å². The van der Waals surface area contributed by atoms with Crippen molar-refractivity contribution in [3.8, 4) is 16.9 Å². The second kappa shape index (κ2) is 24.8. The predicted octanol–water partition coefficient (Wildman–Crippen LogP) is 9.33. The minimum Gasteiger partial charge on any atom is -0.492 e. The molecular formula is C47H63FO11. The van der Waals surface area contributed by atoms with Crippen LogP contribution in [0.5, 0.6) is 5.75 Å². The maximum Gasteiger partial charge on any atom is 0.333 e. The SMILES string of the molecule is C=C(C)C(=O)OCCCc1cc(-c2ccc(C3CCC(CCCCCC)CC3)cc2F)ccc1OCC(COC(C)=O)(COC(=O)CC(=O)OCC)COC(=O)C(=C)C. The molecule has 3 rings (SSSR count). The molecule has 1 unspecified atom stereocenters. The number of unbranched alkanes of at least 4 members (excludes halogenated alkanes) is 3. The zero-order valence-corrected chi connectivity index (χ0v) is 35.6. The van der Waals surface area contributed by atoms with Crippen molar-refractivity contribution < 1.29 is 56.8 Å². The zero-order valence-electron chi connectivity index (χ0n) is 35.6. The van der Waals surface area contributed by atoms with Crippen LogP contribution in [-0.4, -0.2) is 69.5 Å². The molecule has 1 saturated carbocycles. The van der Waals surface area contributed by atoms with Crippen molar-refractivity contribution in [2.24, 2.45) is 11.3 Å². The molecule has 11 nitrogen and oxygen atoms in total. The fourth-order valence-electron chi connectivity index (χ4n) is 6.99. The number of rotatable bonds is 25. The van der Waals surface area contributed by atoms with Crippen LogP contribution in [0, 0.1) is 17.2 Å². The first-order valence-electron chi connectivity index (χ1n) is 20.8. The van der Waals surface area contributed by atoms with E-state index in [2.05, 4.69) is 20.1 Å². The highest BCUT2D eigenvalue weighted by Gasteiger charge is 2.38. The van der Waals surface area contributed by atoms with Crippen molar-refractivity contribution in [1.29, 1.82) is 0 Å². The first kappa shape index (κ1) is 48.4. The maximum absolute atomic E-state index is 16.0. The molecule has 0 aliphatic heterocycles. The number of hydrogen-bond acceptors (Lipinski definition) is 11. The topological polar surface area (TPSA) is 141 Å². The Hall–Kier alpha value is -5.00. The van der Waals surface area contributed by atoms with Crippen LogP contribution < -0.4 is 4.74 Å². The van der Waals surface area contributed by atoms with Crippen LogP contribution in [0.3, 0.4) is 0 Å². The standard InChI is InChI=1S/C47H63FO11/c1-8-10-11-12-14-35-16-18-36(19-17-35)37-20-22-40(41(48)26-37)38-21-23-42(39(25-38)15-13-24-55-45(52)32(3)4)57-29-47(28-56-34(7)49,31-59-46(53)33(5)6)30-58-44(51)27-43(50)54-9-2/h20-23,25-26,35-36H,3,5,8-19,24,27-31H2,1-2,4,6-7H3. The number of ether oxygens (including phenoxy) is 6. The van der Waals surface area contributed by atoms with Gasteiger partial charge in [0.1, 0.15) is 49.8 Å². The van der Waals surface area contributed by atoms with E-state index in [1.165, 1.54) is 58.8 Å². The van der Waals surface area contributed by atoms with Gasteiger partial charge >= 0.3 is 29.8 Å². The van der Waals surface area contributed by atoms with Crippen molar-refractivity contribution in [1.82, 2.24) is 0 Å². The molecule has 1 atom stereocenters. The van der Waals surface area contributed by atoms with E-state index in [9.17, 15) is 24.0 Å². The summed E-state index contributed by atoms with van der Waals surface area (Å²) in [6.07, 6.45) is 10.9. The summed E-state index contributed by atoms with van der Waals surface area (Å²) in [5.41, 5.74) is 1.63. The number of halogens is 1. The van der Waals surface area contributed by atoms with Gasteiger partial charge in [0, 0.05) is 23.6 Å². The Kier molecular flexibility index (Phi) is 20.3. The molecule has 2 aromatic carbocycles. The minimum atomic E-state index is -1.44. The molecule has 12 heteroatoms. The molecule has 0 saturated heterocycles. The first-order valence-corrected chi connectivity index (χ1v) is 20.8. The summed E-state index contributed by atoms with van der Waals surface area (Å²) in [6, 6.07) is 10.7. The lowest BCUT2D eigenvalue weighted by atomic mass is 9.77. The summed E-state index contributed by atoms with van der Waals surface area (Å²) >= 11 is 0. The van der Waals surface area contributed by atoms with Gasteiger partial charge in [-0.1, -0.05) is 70.4 Å². The van der Waals surface area contributed by atoms with Crippen molar-refractivity contribution in [3.05, 3.63) is 77.6 Å². The molecule has 1 aliphatic carbocycles. The van der Waals surface area contributed by atoms with Gasteiger partial charge in [-0.2, -0.15) is 0 Å². The largest absolute Gasteiger partial charge is 0.492 e. The van der Waals surface area contributed by atoms with Gasteiger partial charge in [0.15, 0.2) is 0 Å². The van der Waals surface area contributed by atoms with Gasteiger partial charge in [-0.15, -0.1) is 0 Å². The van der Waals surface area contributed by atoms with Gasteiger partial charge in [-0.25, -0.2) is 14.0 Å². The van der Waals surface area contributed by atoms with Crippen LogP contribution in [-0.2, 0) is 54.1 Å². The summed E-state index contributed by atoms with van der Waals surface area (Å²) in [4.78, 5) is 61.2. The second-order valence-electron chi connectivity index (χ2n) is 15.7. The Bertz CT molecular complexity index is 1760. The highest BCUT2D eigenvalue weighted by atomic mass is 19.1. The summed E-state index contributed by atoms with van der Waals surface area (Å²) in [5.74, 6) is -2.49. The summed E-state index contributed by atoms with van der Waals surface area (Å²) in [5, 5.41) is 0. The lowest BCUT2D eigenvalue weighted by Crippen LogP contribution is -2.44. The third kappa shape index (κ3) is 16.6. The van der Waals surface area contributed by atoms with Gasteiger partial charge in [0.2, 0.25) is 0 Å². The lowest BCUT2D eigenvalue weighted by Gasteiger charge is -2.32. The van der Waals surface area contributed by atoms with E-state index < -0.39 is 54.9 Å². The van der Waals surface area contributed by atoms with Crippen LogP contribution in [0.25, 0.3) is 11.1 Å². The quantitative estimate of drug-likeness (QED) is 0.0311. The van der Waals surface area contributed by atoms with Gasteiger partial charge in [-0.3, -0.25) is 14.4 Å². The van der Waals surface area contributed by atoms with E-state index in [-0.39, 0.29) is 43.4 Å². The van der Waals surface area contributed by atoms with Gasteiger partial charge in [-0.05, 0) is 106 Å². The van der Waals surface area contributed by atoms with E-state index in [1.807, 2.05) is 18.2 Å². The Morgan fingerprint density at radius 1 is 0.729 bits per heavy atom. The van der Waals surface area contributed by atoms with Crippen LogP contribution >= 0.6 is 0 Å². The smallest absolute Gasteiger partial charge is 0.333 e. The maximum atomic E-state index is 16.0. The molecule has 2 aromatic rings. The number of benzene rings is 2. The monoisotopic (exact) mass is 822 g/mol. The van der Waals surface area contributed by atoms with E-state index in [1.54, 1.807) is 32.0 Å². The molecule has 1 fully saturated rings. The zero-order chi connectivity index (χ0) is 43.4. The highest BCUT2D eigenvalue weighted by Crippen LogP contribution is 2.39. The molecule has 0 bridgehead atoms. The average molecular weight is 823 g/mol. The van der Waals surface area contributed by atoms with Crippen LogP contribution in [0.15, 0.2) is 60.7 Å². The third-order valence-electron chi connectivity index (χ3n) is 10.4. The Balaban J connectivity index is 1.90. The molecule has 0 heterocycles. The minimum absolute atomic E-state index is 0.0722. The lowest BCUT2D eigenvalue weighted by molar-refractivity contribution is -0.164. The average Bonchev–Trinajstić information content (AvgIpc) is 3.20. The third-order valence-corrected chi connectivity index (χ3v) is 10.4. The van der Waals surface area contributed by atoms with Crippen LogP contribution in [0.2, 0.25) is 0 Å². The fraction of sp³-hybridized carbons (Fsp3) is 0.553. The molecule has 59 heavy (non-hydrogen) atoms. The Morgan fingerprint density at radius 2 is 1.39 bits per heavy atom. The van der Waals surface area contributed by atoms with E-state index in [0.29, 0.717) is 41.2 Å². The Labute approximate surface area is 349 Å². The summed E-state index contributed by atoms with van der Waals surface area (Å²) in [7, 11) is 0.